The Hall–Kier alpha value is -1.83. The summed E-state index contributed by atoms with van der Waals surface area (Å²) in [6, 6.07) is 15.1. The van der Waals surface area contributed by atoms with Gasteiger partial charge in [0.05, 0.1) is 0 Å². The molecule has 1 unspecified atom stereocenters. The van der Waals surface area contributed by atoms with Crippen molar-refractivity contribution in [1.29, 1.82) is 0 Å². The zero-order valence-electron chi connectivity index (χ0n) is 10.1. The number of hydrogen-bond donors (Lipinski definition) is 1. The molecule has 2 nitrogen and oxygen atoms in total. The van der Waals surface area contributed by atoms with Crippen molar-refractivity contribution in [3.63, 3.8) is 0 Å². The van der Waals surface area contributed by atoms with Crippen LogP contribution in [0.25, 0.3) is 0 Å². The van der Waals surface area contributed by atoms with Gasteiger partial charge in [-0.15, -0.1) is 0 Å². The van der Waals surface area contributed by atoms with Crippen molar-refractivity contribution in [3.05, 3.63) is 60.4 Å². The molecular weight excluding hydrogens is 208 g/mol. The van der Waals surface area contributed by atoms with Crippen molar-refractivity contribution >= 4 is 5.69 Å². The number of aromatic nitrogens is 1. The monoisotopic (exact) mass is 226 g/mol. The minimum atomic E-state index is 0.472. The summed E-state index contributed by atoms with van der Waals surface area (Å²) in [4.78, 5) is 4.02. The van der Waals surface area contributed by atoms with Gasteiger partial charge in [0.15, 0.2) is 0 Å². The Balaban J connectivity index is 1.98. The topological polar surface area (TPSA) is 24.9 Å². The van der Waals surface area contributed by atoms with Gasteiger partial charge in [0.2, 0.25) is 0 Å². The Morgan fingerprint density at radius 2 is 1.76 bits per heavy atom. The van der Waals surface area contributed by atoms with E-state index in [4.69, 9.17) is 0 Å². The van der Waals surface area contributed by atoms with Crippen molar-refractivity contribution < 1.29 is 0 Å². The lowest BCUT2D eigenvalue weighted by atomic mass is 10.0. The second kappa shape index (κ2) is 6.04. The molecule has 0 saturated carbocycles. The number of anilines is 1. The van der Waals surface area contributed by atoms with Gasteiger partial charge in [-0.05, 0) is 30.5 Å². The lowest BCUT2D eigenvalue weighted by Crippen LogP contribution is -2.21. The third-order valence-corrected chi connectivity index (χ3v) is 2.87. The standard InChI is InChI=1S/C15H18N2/c1-2-14(12-13-6-4-3-5-7-13)17-15-8-10-16-11-9-15/h3-11,14H,2,12H2,1H3,(H,16,17). The van der Waals surface area contributed by atoms with Crippen molar-refractivity contribution in [1.82, 2.24) is 4.98 Å². The Kier molecular flexibility index (Phi) is 4.14. The van der Waals surface area contributed by atoms with E-state index in [0.717, 1.165) is 18.5 Å². The summed E-state index contributed by atoms with van der Waals surface area (Å²) < 4.78 is 0. The Morgan fingerprint density at radius 1 is 1.06 bits per heavy atom. The Bertz CT molecular complexity index is 384. The molecule has 2 aromatic rings. The first kappa shape index (κ1) is 11.6. The summed E-state index contributed by atoms with van der Waals surface area (Å²) in [6.45, 7) is 2.21. The van der Waals surface area contributed by atoms with Crippen LogP contribution in [0.4, 0.5) is 5.69 Å². The lowest BCUT2D eigenvalue weighted by molar-refractivity contribution is 0.690. The minimum absolute atomic E-state index is 0.472. The summed E-state index contributed by atoms with van der Waals surface area (Å²) in [7, 11) is 0. The first-order valence-corrected chi connectivity index (χ1v) is 6.09. The van der Waals surface area contributed by atoms with E-state index < -0.39 is 0 Å². The summed E-state index contributed by atoms with van der Waals surface area (Å²) in [5.41, 5.74) is 2.52. The normalized spacial score (nSPS) is 12.1. The maximum Gasteiger partial charge on any atom is 0.0373 e. The largest absolute Gasteiger partial charge is 0.382 e. The van der Waals surface area contributed by atoms with Crippen molar-refractivity contribution in [2.24, 2.45) is 0 Å². The summed E-state index contributed by atoms with van der Waals surface area (Å²) in [5.74, 6) is 0. The van der Waals surface area contributed by atoms with Crippen LogP contribution < -0.4 is 5.32 Å². The lowest BCUT2D eigenvalue weighted by Gasteiger charge is -2.18. The molecule has 88 valence electrons. The van der Waals surface area contributed by atoms with E-state index >= 15 is 0 Å². The molecule has 0 aliphatic carbocycles. The fourth-order valence-corrected chi connectivity index (χ4v) is 1.88. The first-order valence-electron chi connectivity index (χ1n) is 6.09. The molecule has 0 bridgehead atoms. The van der Waals surface area contributed by atoms with E-state index in [2.05, 4.69) is 47.6 Å². The van der Waals surface area contributed by atoms with E-state index in [0.29, 0.717) is 6.04 Å². The van der Waals surface area contributed by atoms with E-state index in [-0.39, 0.29) is 0 Å². The number of rotatable bonds is 5. The maximum absolute atomic E-state index is 4.02. The third-order valence-electron chi connectivity index (χ3n) is 2.87. The number of hydrogen-bond acceptors (Lipinski definition) is 2. The van der Waals surface area contributed by atoms with Crippen LogP contribution in [-0.2, 0) is 6.42 Å². The van der Waals surface area contributed by atoms with E-state index in [1.54, 1.807) is 0 Å². The summed E-state index contributed by atoms with van der Waals surface area (Å²) >= 11 is 0. The molecule has 1 atom stereocenters. The van der Waals surface area contributed by atoms with Crippen molar-refractivity contribution in [2.75, 3.05) is 5.32 Å². The Morgan fingerprint density at radius 3 is 2.41 bits per heavy atom. The molecule has 1 heterocycles. The van der Waals surface area contributed by atoms with Gasteiger partial charge in [-0.3, -0.25) is 4.98 Å². The predicted octanol–water partition coefficient (Wildman–Crippen LogP) is 3.51. The van der Waals surface area contributed by atoms with Crippen LogP contribution in [0.3, 0.4) is 0 Å². The molecule has 0 radical (unpaired) electrons. The molecule has 0 amide bonds. The molecule has 0 aliphatic heterocycles. The summed E-state index contributed by atoms with van der Waals surface area (Å²) in [5, 5.41) is 3.54. The van der Waals surface area contributed by atoms with E-state index in [9.17, 15) is 0 Å². The SMILES string of the molecule is CCC(Cc1ccccc1)Nc1ccncc1. The van der Waals surface area contributed by atoms with E-state index in [1.807, 2.05) is 24.5 Å². The average molecular weight is 226 g/mol. The molecule has 2 heteroatoms. The Labute approximate surface area is 103 Å². The van der Waals surface area contributed by atoms with Gasteiger partial charge < -0.3 is 5.32 Å². The van der Waals surface area contributed by atoms with Gasteiger partial charge in [0, 0.05) is 24.1 Å². The molecule has 0 spiro atoms. The smallest absolute Gasteiger partial charge is 0.0373 e. The third kappa shape index (κ3) is 3.59. The average Bonchev–Trinajstić information content (AvgIpc) is 2.40. The highest BCUT2D eigenvalue weighted by Crippen LogP contribution is 2.12. The van der Waals surface area contributed by atoms with Crippen LogP contribution in [0.1, 0.15) is 18.9 Å². The fraction of sp³-hybridized carbons (Fsp3) is 0.267. The second-order valence-electron chi connectivity index (χ2n) is 4.18. The first-order chi connectivity index (χ1) is 8.38. The molecule has 1 N–H and O–H groups in total. The van der Waals surface area contributed by atoms with E-state index in [1.165, 1.54) is 5.56 Å². The zero-order chi connectivity index (χ0) is 11.9. The quantitative estimate of drug-likeness (QED) is 0.843. The molecule has 1 aromatic carbocycles. The van der Waals surface area contributed by atoms with Gasteiger partial charge in [-0.2, -0.15) is 0 Å². The van der Waals surface area contributed by atoms with Crippen LogP contribution in [-0.4, -0.2) is 11.0 Å². The molecule has 2 rings (SSSR count). The zero-order valence-corrected chi connectivity index (χ0v) is 10.1. The number of benzene rings is 1. The van der Waals surface area contributed by atoms with Crippen molar-refractivity contribution in [2.45, 2.75) is 25.8 Å². The number of pyridine rings is 1. The molecule has 0 fully saturated rings. The van der Waals surface area contributed by atoms with Gasteiger partial charge >= 0.3 is 0 Å². The van der Waals surface area contributed by atoms with Gasteiger partial charge in [0.1, 0.15) is 0 Å². The number of nitrogens with one attached hydrogen (secondary N) is 1. The molecule has 0 saturated heterocycles. The van der Waals surface area contributed by atoms with Crippen LogP contribution in [0.2, 0.25) is 0 Å². The minimum Gasteiger partial charge on any atom is -0.382 e. The molecular formula is C15H18N2. The molecule has 1 aromatic heterocycles. The van der Waals surface area contributed by atoms with Crippen LogP contribution in [0.5, 0.6) is 0 Å². The molecule has 17 heavy (non-hydrogen) atoms. The highest BCUT2D eigenvalue weighted by atomic mass is 14.9. The molecule has 0 aliphatic rings. The van der Waals surface area contributed by atoms with Crippen LogP contribution in [0.15, 0.2) is 54.9 Å². The van der Waals surface area contributed by atoms with Gasteiger partial charge in [0.25, 0.3) is 0 Å². The predicted molar refractivity (Wildman–Crippen MR) is 72.1 cm³/mol. The summed E-state index contributed by atoms with van der Waals surface area (Å²) in [6.07, 6.45) is 5.80. The van der Waals surface area contributed by atoms with Gasteiger partial charge in [-0.1, -0.05) is 37.3 Å². The maximum atomic E-state index is 4.02. The van der Waals surface area contributed by atoms with Crippen LogP contribution >= 0.6 is 0 Å². The van der Waals surface area contributed by atoms with Gasteiger partial charge in [-0.25, -0.2) is 0 Å². The highest BCUT2D eigenvalue weighted by Gasteiger charge is 2.06. The van der Waals surface area contributed by atoms with Crippen LogP contribution in [0, 0.1) is 0 Å². The van der Waals surface area contributed by atoms with Crippen molar-refractivity contribution in [3.8, 4) is 0 Å². The number of nitrogens with zero attached hydrogens (tertiary/aromatic N) is 1. The second-order valence-corrected chi connectivity index (χ2v) is 4.18. The highest BCUT2D eigenvalue weighted by molar-refractivity contribution is 5.42. The fourth-order valence-electron chi connectivity index (χ4n) is 1.88.